The van der Waals surface area contributed by atoms with E-state index in [0.717, 1.165) is 17.0 Å². The van der Waals surface area contributed by atoms with Crippen LogP contribution in [0.3, 0.4) is 0 Å². The Hall–Kier alpha value is -3.73. The summed E-state index contributed by atoms with van der Waals surface area (Å²) >= 11 is 0. The number of nitrogens with one attached hydrogen (secondary N) is 2. The maximum Gasteiger partial charge on any atom is 0.418 e. The van der Waals surface area contributed by atoms with Crippen molar-refractivity contribution in [3.8, 4) is 17.6 Å². The van der Waals surface area contributed by atoms with Gasteiger partial charge in [0.15, 0.2) is 0 Å². The average Bonchev–Trinajstić information content (AvgIpc) is 2.70. The number of anilines is 1. The molecule has 3 aromatic rings. The normalized spacial score (nSPS) is 10.7. The van der Waals surface area contributed by atoms with Gasteiger partial charge in [-0.05, 0) is 30.3 Å². The quantitative estimate of drug-likeness (QED) is 0.637. The van der Waals surface area contributed by atoms with Gasteiger partial charge in [-0.15, -0.1) is 0 Å². The predicted octanol–water partition coefficient (Wildman–Crippen LogP) is 4.46. The van der Waals surface area contributed by atoms with Gasteiger partial charge in [-0.25, -0.2) is 4.79 Å². The number of hydrogen-bond donors (Lipinski definition) is 2. The average molecular weight is 399 g/mol. The van der Waals surface area contributed by atoms with Crippen LogP contribution in [0.4, 0.5) is 23.7 Å². The number of nitrogens with zero attached hydrogens (tertiary/aromatic N) is 1. The van der Waals surface area contributed by atoms with Gasteiger partial charge in [-0.3, -0.25) is 4.98 Å². The number of ether oxygens (including phenoxy) is 1. The first-order valence-electron chi connectivity index (χ1n) is 8.58. The summed E-state index contributed by atoms with van der Waals surface area (Å²) in [6.07, 6.45) is -2.87. The molecule has 29 heavy (non-hydrogen) atoms. The Morgan fingerprint density at radius 3 is 2.72 bits per heavy atom. The predicted molar refractivity (Wildman–Crippen MR) is 103 cm³/mol. The van der Waals surface area contributed by atoms with Crippen molar-refractivity contribution in [1.82, 2.24) is 10.3 Å². The Morgan fingerprint density at radius 1 is 1.07 bits per heavy atom. The minimum atomic E-state index is -4.56. The minimum Gasteiger partial charge on any atom is -0.481 e. The van der Waals surface area contributed by atoms with Crippen LogP contribution in [-0.4, -0.2) is 24.2 Å². The summed E-state index contributed by atoms with van der Waals surface area (Å²) in [6, 6.07) is 13.2. The fourth-order valence-electron chi connectivity index (χ4n) is 2.50. The summed E-state index contributed by atoms with van der Waals surface area (Å²) in [4.78, 5) is 16.0. The van der Waals surface area contributed by atoms with Crippen LogP contribution in [0.25, 0.3) is 10.9 Å². The molecule has 2 N–H and O–H groups in total. The summed E-state index contributed by atoms with van der Waals surface area (Å²) in [6.45, 7) is 0.0567. The van der Waals surface area contributed by atoms with E-state index in [4.69, 9.17) is 4.74 Å². The second-order valence-electron chi connectivity index (χ2n) is 5.85. The van der Waals surface area contributed by atoms with Crippen LogP contribution < -0.4 is 15.4 Å². The first-order valence-corrected chi connectivity index (χ1v) is 8.58. The van der Waals surface area contributed by atoms with E-state index >= 15 is 0 Å². The third-order valence-corrected chi connectivity index (χ3v) is 3.83. The number of alkyl halides is 3. The van der Waals surface area contributed by atoms with Crippen molar-refractivity contribution in [3.63, 3.8) is 0 Å². The number of amides is 2. The zero-order valence-corrected chi connectivity index (χ0v) is 15.1. The topological polar surface area (TPSA) is 63.2 Å². The van der Waals surface area contributed by atoms with E-state index in [1.807, 2.05) is 18.2 Å². The standard InChI is InChI=1S/C21H16F3N3O2/c22-21(23,24)17-7-1-2-8-18(17)27-20(28)26-11-3-4-13-29-16-10-9-15-6-5-12-25-19(15)14-16/h1-2,5-10,12,14H,11,13H2,(H2,26,27,28). The molecule has 8 heteroatoms. The van der Waals surface area contributed by atoms with Gasteiger partial charge in [0.25, 0.3) is 0 Å². The highest BCUT2D eigenvalue weighted by molar-refractivity contribution is 5.90. The first-order chi connectivity index (χ1) is 13.9. The molecule has 2 aromatic carbocycles. The number of carbonyl (C=O) groups is 1. The van der Waals surface area contributed by atoms with E-state index in [1.54, 1.807) is 18.3 Å². The van der Waals surface area contributed by atoms with Crippen molar-refractivity contribution in [3.05, 3.63) is 66.4 Å². The lowest BCUT2D eigenvalue weighted by atomic mass is 10.1. The molecule has 0 atom stereocenters. The Morgan fingerprint density at radius 2 is 1.90 bits per heavy atom. The Kier molecular flexibility index (Phi) is 6.19. The molecule has 0 aliphatic rings. The monoisotopic (exact) mass is 399 g/mol. The molecule has 0 saturated heterocycles. The van der Waals surface area contributed by atoms with Crippen molar-refractivity contribution < 1.29 is 22.7 Å². The van der Waals surface area contributed by atoms with Gasteiger partial charge in [0.05, 0.1) is 23.3 Å². The van der Waals surface area contributed by atoms with Crippen molar-refractivity contribution in [2.45, 2.75) is 6.18 Å². The number of aromatic nitrogens is 1. The number of hydrogen-bond acceptors (Lipinski definition) is 3. The molecule has 0 aliphatic carbocycles. The van der Waals surface area contributed by atoms with Crippen LogP contribution in [0.5, 0.6) is 5.75 Å². The van der Waals surface area contributed by atoms with Crippen LogP contribution >= 0.6 is 0 Å². The third-order valence-electron chi connectivity index (χ3n) is 3.83. The number of pyridine rings is 1. The molecule has 0 bridgehead atoms. The highest BCUT2D eigenvalue weighted by atomic mass is 19.4. The molecule has 148 valence electrons. The molecule has 0 aliphatic heterocycles. The highest BCUT2D eigenvalue weighted by Gasteiger charge is 2.33. The molecular formula is C21H16F3N3O2. The third kappa shape index (κ3) is 5.62. The second-order valence-corrected chi connectivity index (χ2v) is 5.85. The van der Waals surface area contributed by atoms with Gasteiger partial charge in [-0.1, -0.05) is 30.0 Å². The van der Waals surface area contributed by atoms with Crippen molar-refractivity contribution >= 4 is 22.6 Å². The van der Waals surface area contributed by atoms with Crippen LogP contribution in [-0.2, 0) is 6.18 Å². The van der Waals surface area contributed by atoms with Crippen LogP contribution in [0.15, 0.2) is 60.8 Å². The summed E-state index contributed by atoms with van der Waals surface area (Å²) in [7, 11) is 0. The molecule has 0 radical (unpaired) electrons. The second kappa shape index (κ2) is 8.97. The van der Waals surface area contributed by atoms with E-state index in [9.17, 15) is 18.0 Å². The van der Waals surface area contributed by atoms with Crippen LogP contribution in [0, 0.1) is 11.8 Å². The van der Waals surface area contributed by atoms with E-state index in [0.29, 0.717) is 5.75 Å². The highest BCUT2D eigenvalue weighted by Crippen LogP contribution is 2.34. The van der Waals surface area contributed by atoms with E-state index in [-0.39, 0.29) is 18.8 Å². The van der Waals surface area contributed by atoms with Crippen molar-refractivity contribution in [2.24, 2.45) is 0 Å². The van der Waals surface area contributed by atoms with E-state index < -0.39 is 17.8 Å². The fraction of sp³-hybridized carbons (Fsp3) is 0.143. The van der Waals surface area contributed by atoms with Gasteiger partial charge >= 0.3 is 12.2 Å². The maximum atomic E-state index is 12.9. The molecule has 0 unspecified atom stereocenters. The number of halogens is 3. The minimum absolute atomic E-state index is 0.0390. The maximum absolute atomic E-state index is 12.9. The number of carbonyl (C=O) groups excluding carboxylic acids is 1. The largest absolute Gasteiger partial charge is 0.481 e. The number of benzene rings is 2. The van der Waals surface area contributed by atoms with Gasteiger partial charge in [0, 0.05) is 17.6 Å². The molecule has 1 heterocycles. The van der Waals surface area contributed by atoms with Crippen LogP contribution in [0.1, 0.15) is 5.56 Å². The first kappa shape index (κ1) is 20.0. The lowest BCUT2D eigenvalue weighted by molar-refractivity contribution is -0.136. The van der Waals surface area contributed by atoms with Crippen molar-refractivity contribution in [1.29, 1.82) is 0 Å². The molecular weight excluding hydrogens is 383 g/mol. The lowest BCUT2D eigenvalue weighted by Crippen LogP contribution is -2.30. The summed E-state index contributed by atoms with van der Waals surface area (Å²) in [5, 5.41) is 5.54. The molecule has 1 aromatic heterocycles. The molecule has 0 fully saturated rings. The summed E-state index contributed by atoms with van der Waals surface area (Å²) in [5.41, 5.74) is -0.436. The molecule has 2 amide bonds. The molecule has 3 rings (SSSR count). The molecule has 5 nitrogen and oxygen atoms in total. The summed E-state index contributed by atoms with van der Waals surface area (Å²) < 4.78 is 44.2. The fourth-order valence-corrected chi connectivity index (χ4v) is 2.50. The van der Waals surface area contributed by atoms with E-state index in [1.165, 1.54) is 18.2 Å². The van der Waals surface area contributed by atoms with Crippen molar-refractivity contribution in [2.75, 3.05) is 18.5 Å². The number of urea groups is 1. The smallest absolute Gasteiger partial charge is 0.418 e. The Labute approximate surface area is 164 Å². The lowest BCUT2D eigenvalue weighted by Gasteiger charge is -2.13. The SMILES string of the molecule is O=C(NCC#CCOc1ccc2cccnc2c1)Nc1ccccc1C(F)(F)F. The number of rotatable bonds is 4. The molecule has 0 spiro atoms. The zero-order chi connectivity index (χ0) is 20.7. The summed E-state index contributed by atoms with van der Waals surface area (Å²) in [5.74, 6) is 6.00. The molecule has 0 saturated carbocycles. The Balaban J connectivity index is 1.46. The van der Waals surface area contributed by atoms with Gasteiger partial charge in [0.1, 0.15) is 12.4 Å². The van der Waals surface area contributed by atoms with Gasteiger partial charge < -0.3 is 15.4 Å². The van der Waals surface area contributed by atoms with Crippen LogP contribution in [0.2, 0.25) is 0 Å². The Bertz CT molecular complexity index is 1070. The number of fused-ring (bicyclic) bond motifs is 1. The van der Waals surface area contributed by atoms with E-state index in [2.05, 4.69) is 27.5 Å². The number of para-hydroxylation sites is 1. The van der Waals surface area contributed by atoms with Gasteiger partial charge in [-0.2, -0.15) is 13.2 Å². The zero-order valence-electron chi connectivity index (χ0n) is 15.1. The van der Waals surface area contributed by atoms with Gasteiger partial charge in [0.2, 0.25) is 0 Å².